The fourth-order valence-corrected chi connectivity index (χ4v) is 0. The van der Waals surface area contributed by atoms with E-state index in [4.69, 9.17) is 9.90 Å². The summed E-state index contributed by atoms with van der Waals surface area (Å²) < 4.78 is 0. The van der Waals surface area contributed by atoms with Crippen molar-refractivity contribution in [3.8, 4) is 0 Å². The second kappa shape index (κ2) is 3.91. The standard InChI is InChI=1S/CH3NO2.Ga.3H/c2-1(3)4;;;;/h2H2,(H,3,4);;;;. The summed E-state index contributed by atoms with van der Waals surface area (Å²) in [5.41, 5.74) is 4.03. The van der Waals surface area contributed by atoms with E-state index < -0.39 is 6.09 Å². The molecule has 0 aromatic heterocycles. The van der Waals surface area contributed by atoms with Crippen molar-refractivity contribution in [2.24, 2.45) is 5.73 Å². The summed E-state index contributed by atoms with van der Waals surface area (Å²) in [6, 6.07) is 0. The summed E-state index contributed by atoms with van der Waals surface area (Å²) in [5.74, 6) is 0. The van der Waals surface area contributed by atoms with Crippen LogP contribution in [0.15, 0.2) is 0 Å². The second-order valence-corrected chi connectivity index (χ2v) is 0.338. The molecular weight excluding hydrogens is 128 g/mol. The molecule has 0 aromatic rings. The van der Waals surface area contributed by atoms with Crippen molar-refractivity contribution in [2.75, 3.05) is 0 Å². The number of hydrogen-bond donors (Lipinski definition) is 2. The van der Waals surface area contributed by atoms with Crippen LogP contribution in [0.4, 0.5) is 4.79 Å². The monoisotopic (exact) mass is 133 g/mol. The molecule has 4 heteroatoms. The molecule has 0 aliphatic rings. The summed E-state index contributed by atoms with van der Waals surface area (Å²) in [4.78, 5) is 8.78. The number of amides is 1. The average Bonchev–Trinajstić information content (AvgIpc) is 0.811. The van der Waals surface area contributed by atoms with Crippen molar-refractivity contribution >= 4 is 25.9 Å². The zero-order valence-corrected chi connectivity index (χ0v) is 1.93. The van der Waals surface area contributed by atoms with Crippen molar-refractivity contribution in [3.63, 3.8) is 0 Å². The van der Waals surface area contributed by atoms with Crippen molar-refractivity contribution < 1.29 is 9.90 Å². The van der Waals surface area contributed by atoms with Gasteiger partial charge in [-0.15, -0.1) is 0 Å². The predicted octanol–water partition coefficient (Wildman–Crippen LogP) is -1.56. The van der Waals surface area contributed by atoms with Gasteiger partial charge in [0.25, 0.3) is 0 Å². The van der Waals surface area contributed by atoms with E-state index >= 15 is 0 Å². The quantitative estimate of drug-likeness (QED) is 0.393. The van der Waals surface area contributed by atoms with Gasteiger partial charge >= 0.3 is 25.9 Å². The summed E-state index contributed by atoms with van der Waals surface area (Å²) in [6.45, 7) is 0. The Morgan fingerprint density at radius 2 is 1.80 bits per heavy atom. The maximum atomic E-state index is 8.78. The van der Waals surface area contributed by atoms with Gasteiger partial charge in [-0.3, -0.25) is 0 Å². The van der Waals surface area contributed by atoms with E-state index in [1.165, 1.54) is 0 Å². The normalized spacial score (nSPS) is 4.80. The van der Waals surface area contributed by atoms with Crippen LogP contribution in [0.25, 0.3) is 0 Å². The van der Waals surface area contributed by atoms with Gasteiger partial charge in [0.05, 0.1) is 0 Å². The van der Waals surface area contributed by atoms with Gasteiger partial charge in [-0.2, -0.15) is 0 Å². The third kappa shape index (κ3) is 1620. The van der Waals surface area contributed by atoms with Crippen LogP contribution in [-0.2, 0) is 0 Å². The van der Waals surface area contributed by atoms with E-state index in [1.54, 1.807) is 0 Å². The Balaban J connectivity index is 0. The second-order valence-electron chi connectivity index (χ2n) is 0.338. The molecule has 0 heterocycles. The van der Waals surface area contributed by atoms with Crippen LogP contribution in [-0.4, -0.2) is 31.0 Å². The van der Waals surface area contributed by atoms with Gasteiger partial charge in [-0.1, -0.05) is 0 Å². The first-order valence-corrected chi connectivity index (χ1v) is 0.716. The van der Waals surface area contributed by atoms with E-state index in [2.05, 4.69) is 5.73 Å². The Hall–Kier alpha value is -0.0936. The van der Waals surface area contributed by atoms with Crippen molar-refractivity contribution in [3.05, 3.63) is 0 Å². The van der Waals surface area contributed by atoms with Gasteiger partial charge < -0.3 is 10.8 Å². The van der Waals surface area contributed by atoms with Crippen LogP contribution >= 0.6 is 0 Å². The van der Waals surface area contributed by atoms with Crippen LogP contribution in [0, 0.1) is 0 Å². The van der Waals surface area contributed by atoms with E-state index in [9.17, 15) is 0 Å². The molecule has 3 N–H and O–H groups in total. The fraction of sp³-hybridized carbons (Fsp3) is 0. The van der Waals surface area contributed by atoms with E-state index in [-0.39, 0.29) is 19.8 Å². The maximum absolute atomic E-state index is 8.78. The Kier molecular flexibility index (Phi) is 6.92. The number of carboxylic acid groups (broad SMARTS) is 1. The average molecular weight is 134 g/mol. The molecule has 0 saturated heterocycles. The zero-order chi connectivity index (χ0) is 3.58. The molecule has 1 amide bonds. The third-order valence-corrected chi connectivity index (χ3v) is 0. The Morgan fingerprint density at radius 1 is 1.80 bits per heavy atom. The number of hydrogen-bond acceptors (Lipinski definition) is 1. The van der Waals surface area contributed by atoms with Gasteiger partial charge in [-0.25, -0.2) is 4.79 Å². The van der Waals surface area contributed by atoms with Gasteiger partial charge in [0, 0.05) is 0 Å². The Labute approximate surface area is 42.2 Å². The number of carbonyl (C=O) groups is 1. The molecule has 0 unspecified atom stereocenters. The third-order valence-electron chi connectivity index (χ3n) is 0. The van der Waals surface area contributed by atoms with Gasteiger partial charge in [0.15, 0.2) is 0 Å². The molecule has 0 fully saturated rings. The van der Waals surface area contributed by atoms with Gasteiger partial charge in [0.2, 0.25) is 0 Å². The first-order chi connectivity index (χ1) is 1.73. The fourth-order valence-electron chi connectivity index (χ4n) is 0. The van der Waals surface area contributed by atoms with Crippen molar-refractivity contribution in [2.45, 2.75) is 0 Å². The minimum absolute atomic E-state index is 0. The van der Waals surface area contributed by atoms with Gasteiger partial charge in [-0.05, 0) is 0 Å². The molecule has 0 bridgehead atoms. The van der Waals surface area contributed by atoms with Crippen LogP contribution < -0.4 is 5.73 Å². The van der Waals surface area contributed by atoms with E-state index in [1.807, 2.05) is 0 Å². The van der Waals surface area contributed by atoms with Crippen molar-refractivity contribution in [1.82, 2.24) is 0 Å². The first kappa shape index (κ1) is 8.86. The van der Waals surface area contributed by atoms with Crippen LogP contribution in [0.5, 0.6) is 0 Å². The molecule has 5 heavy (non-hydrogen) atoms. The number of rotatable bonds is 0. The Morgan fingerprint density at radius 3 is 1.80 bits per heavy atom. The topological polar surface area (TPSA) is 63.3 Å². The van der Waals surface area contributed by atoms with Crippen LogP contribution in [0.2, 0.25) is 0 Å². The molecule has 0 saturated carbocycles. The molecule has 0 atom stereocenters. The summed E-state index contributed by atoms with van der Waals surface area (Å²) in [5, 5.41) is 7.19. The van der Waals surface area contributed by atoms with Gasteiger partial charge in [0.1, 0.15) is 0 Å². The van der Waals surface area contributed by atoms with Crippen molar-refractivity contribution in [1.29, 1.82) is 0 Å². The number of nitrogens with two attached hydrogens (primary N) is 1. The molecule has 0 aliphatic carbocycles. The van der Waals surface area contributed by atoms with E-state index in [0.717, 1.165) is 0 Å². The molecule has 0 spiro atoms. The first-order valence-electron chi connectivity index (χ1n) is 0.716. The zero-order valence-electron chi connectivity index (χ0n) is 1.93. The Bertz CT molecular complexity index is 32.6. The molecule has 30 valence electrons. The molecule has 0 aromatic carbocycles. The van der Waals surface area contributed by atoms with Crippen LogP contribution in [0.1, 0.15) is 0 Å². The van der Waals surface area contributed by atoms with E-state index in [0.29, 0.717) is 0 Å². The molecule has 0 radical (unpaired) electrons. The molecule has 0 aliphatic heterocycles. The molecular formula is CH6GaNO2. The van der Waals surface area contributed by atoms with Crippen LogP contribution in [0.3, 0.4) is 0 Å². The minimum atomic E-state index is -1.33. The summed E-state index contributed by atoms with van der Waals surface area (Å²) in [6.07, 6.45) is -1.33. The summed E-state index contributed by atoms with van der Waals surface area (Å²) >= 11 is 0. The summed E-state index contributed by atoms with van der Waals surface area (Å²) in [7, 11) is 0. The molecule has 3 nitrogen and oxygen atoms in total. The molecule has 0 rings (SSSR count). The number of primary amides is 1. The SMILES string of the molecule is NC(=O)O.[GaH3]. The predicted molar refractivity (Wildman–Crippen MR) is 22.2 cm³/mol.